The lowest BCUT2D eigenvalue weighted by molar-refractivity contribution is 0.0940. The van der Waals surface area contributed by atoms with E-state index < -0.39 is 0 Å². The fourth-order valence-electron chi connectivity index (χ4n) is 3.51. The number of rotatable bonds is 4. The van der Waals surface area contributed by atoms with Gasteiger partial charge in [0.25, 0.3) is 5.91 Å². The van der Waals surface area contributed by atoms with E-state index in [1.165, 1.54) is 23.5 Å². The maximum atomic E-state index is 13.2. The summed E-state index contributed by atoms with van der Waals surface area (Å²) in [5.41, 5.74) is 4.33. The van der Waals surface area contributed by atoms with Crippen LogP contribution in [0.1, 0.15) is 28.9 Å². The summed E-state index contributed by atoms with van der Waals surface area (Å²) in [7, 11) is 0. The number of imidazole rings is 1. The number of hydrogen-bond acceptors (Lipinski definition) is 3. The molecule has 0 spiro atoms. The van der Waals surface area contributed by atoms with E-state index in [2.05, 4.69) is 10.3 Å². The number of carbonyl (C=O) groups is 1. The Morgan fingerprint density at radius 2 is 1.83 bits per heavy atom. The van der Waals surface area contributed by atoms with Crippen molar-refractivity contribution in [2.24, 2.45) is 0 Å². The average molecular weight is 415 g/mol. The molecule has 5 rings (SSSR count). The van der Waals surface area contributed by atoms with Gasteiger partial charge in [0.05, 0.1) is 22.0 Å². The van der Waals surface area contributed by atoms with E-state index in [9.17, 15) is 9.18 Å². The van der Waals surface area contributed by atoms with Crippen molar-refractivity contribution >= 4 is 32.4 Å². The Labute approximate surface area is 176 Å². The summed E-state index contributed by atoms with van der Waals surface area (Å²) in [5, 5.41) is 3.05. The third kappa shape index (κ3) is 3.35. The molecule has 0 fully saturated rings. The van der Waals surface area contributed by atoms with Crippen molar-refractivity contribution in [3.05, 3.63) is 95.9 Å². The smallest absolute Gasteiger partial charge is 0.251 e. The van der Waals surface area contributed by atoms with Gasteiger partial charge in [-0.15, -0.1) is 0 Å². The SMILES string of the molecule is C[C@H](NC(=O)c1ccc2c(c1)sc1nc(-c3ccc(F)cc3)cn12)c1ccccc1. The molecule has 1 N–H and O–H groups in total. The number of nitrogens with zero attached hydrogens (tertiary/aromatic N) is 2. The van der Waals surface area contributed by atoms with Gasteiger partial charge in [-0.3, -0.25) is 9.20 Å². The second-order valence-electron chi connectivity index (χ2n) is 7.18. The molecule has 4 nitrogen and oxygen atoms in total. The van der Waals surface area contributed by atoms with Gasteiger partial charge in [-0.1, -0.05) is 41.7 Å². The molecule has 148 valence electrons. The zero-order chi connectivity index (χ0) is 20.7. The largest absolute Gasteiger partial charge is 0.346 e. The van der Waals surface area contributed by atoms with Crippen LogP contribution < -0.4 is 5.32 Å². The molecular weight excluding hydrogens is 397 g/mol. The van der Waals surface area contributed by atoms with E-state index in [0.29, 0.717) is 5.56 Å². The lowest BCUT2D eigenvalue weighted by Crippen LogP contribution is -2.26. The summed E-state index contributed by atoms with van der Waals surface area (Å²) in [6.07, 6.45) is 1.94. The Morgan fingerprint density at radius 1 is 1.07 bits per heavy atom. The molecule has 2 heterocycles. The van der Waals surface area contributed by atoms with Gasteiger partial charge in [-0.25, -0.2) is 9.37 Å². The van der Waals surface area contributed by atoms with Crippen LogP contribution in [0.15, 0.2) is 79.0 Å². The fraction of sp³-hybridized carbons (Fsp3) is 0.0833. The molecule has 0 radical (unpaired) electrons. The Kier molecular flexibility index (Phi) is 4.56. The minimum absolute atomic E-state index is 0.0756. The first kappa shape index (κ1) is 18.5. The lowest BCUT2D eigenvalue weighted by atomic mass is 10.1. The monoisotopic (exact) mass is 415 g/mol. The van der Waals surface area contributed by atoms with Crippen LogP contribution in [0.5, 0.6) is 0 Å². The second kappa shape index (κ2) is 7.39. The maximum absolute atomic E-state index is 13.2. The number of halogens is 1. The molecule has 0 aliphatic heterocycles. The third-order valence-electron chi connectivity index (χ3n) is 5.14. The highest BCUT2D eigenvalue weighted by molar-refractivity contribution is 7.23. The number of thiazole rings is 1. The predicted molar refractivity (Wildman–Crippen MR) is 118 cm³/mol. The molecule has 0 aliphatic carbocycles. The van der Waals surface area contributed by atoms with Gasteiger partial charge in [0, 0.05) is 17.3 Å². The van der Waals surface area contributed by atoms with Crippen molar-refractivity contribution in [2.45, 2.75) is 13.0 Å². The van der Waals surface area contributed by atoms with Gasteiger partial charge >= 0.3 is 0 Å². The van der Waals surface area contributed by atoms with Crippen molar-refractivity contribution in [3.8, 4) is 11.3 Å². The molecule has 2 aromatic heterocycles. The first-order valence-corrected chi connectivity index (χ1v) is 10.4. The molecule has 5 aromatic rings. The molecule has 1 atom stereocenters. The van der Waals surface area contributed by atoms with Crippen LogP contribution in [-0.2, 0) is 0 Å². The van der Waals surface area contributed by atoms with Gasteiger partial charge in [0.15, 0.2) is 4.96 Å². The van der Waals surface area contributed by atoms with Crippen LogP contribution in [-0.4, -0.2) is 15.3 Å². The van der Waals surface area contributed by atoms with Crippen LogP contribution in [0, 0.1) is 5.82 Å². The highest BCUT2D eigenvalue weighted by atomic mass is 32.1. The second-order valence-corrected chi connectivity index (χ2v) is 8.19. The molecule has 0 unspecified atom stereocenters. The number of nitrogens with one attached hydrogen (secondary N) is 1. The quantitative estimate of drug-likeness (QED) is 0.400. The Hall–Kier alpha value is -3.51. The van der Waals surface area contributed by atoms with Crippen molar-refractivity contribution < 1.29 is 9.18 Å². The number of benzene rings is 3. The highest BCUT2D eigenvalue weighted by Crippen LogP contribution is 2.30. The summed E-state index contributed by atoms with van der Waals surface area (Å²) in [6.45, 7) is 1.97. The van der Waals surface area contributed by atoms with E-state index in [0.717, 1.165) is 32.0 Å². The first-order chi connectivity index (χ1) is 14.6. The summed E-state index contributed by atoms with van der Waals surface area (Å²) in [6, 6.07) is 21.8. The van der Waals surface area contributed by atoms with Gasteiger partial charge in [-0.05, 0) is 55.0 Å². The molecule has 1 amide bonds. The fourth-order valence-corrected chi connectivity index (χ4v) is 4.55. The number of fused-ring (bicyclic) bond motifs is 3. The van der Waals surface area contributed by atoms with E-state index in [1.54, 1.807) is 12.1 Å². The molecular formula is C24H18FN3OS. The molecule has 6 heteroatoms. The van der Waals surface area contributed by atoms with Gasteiger partial charge in [-0.2, -0.15) is 0 Å². The van der Waals surface area contributed by atoms with Crippen molar-refractivity contribution in [2.75, 3.05) is 0 Å². The predicted octanol–water partition coefficient (Wildman–Crippen LogP) is 5.85. The molecule has 0 aliphatic rings. The Morgan fingerprint density at radius 3 is 2.60 bits per heavy atom. The van der Waals surface area contributed by atoms with Gasteiger partial charge in [0.1, 0.15) is 5.82 Å². The van der Waals surface area contributed by atoms with Crippen LogP contribution in [0.4, 0.5) is 4.39 Å². The van der Waals surface area contributed by atoms with Crippen LogP contribution in [0.2, 0.25) is 0 Å². The highest BCUT2D eigenvalue weighted by Gasteiger charge is 2.15. The molecule has 30 heavy (non-hydrogen) atoms. The number of carbonyl (C=O) groups excluding carboxylic acids is 1. The number of amides is 1. The average Bonchev–Trinajstić information content (AvgIpc) is 3.32. The van der Waals surface area contributed by atoms with Crippen LogP contribution >= 0.6 is 11.3 Å². The zero-order valence-electron chi connectivity index (χ0n) is 16.2. The van der Waals surface area contributed by atoms with E-state index >= 15 is 0 Å². The van der Waals surface area contributed by atoms with Crippen LogP contribution in [0.25, 0.3) is 26.4 Å². The first-order valence-electron chi connectivity index (χ1n) is 9.62. The minimum atomic E-state index is -0.266. The number of aromatic nitrogens is 2. The molecule has 0 bridgehead atoms. The maximum Gasteiger partial charge on any atom is 0.251 e. The van der Waals surface area contributed by atoms with Gasteiger partial charge < -0.3 is 5.32 Å². The van der Waals surface area contributed by atoms with Crippen molar-refractivity contribution in [1.29, 1.82) is 0 Å². The third-order valence-corrected chi connectivity index (χ3v) is 6.16. The topological polar surface area (TPSA) is 46.4 Å². The minimum Gasteiger partial charge on any atom is -0.346 e. The Bertz CT molecular complexity index is 1360. The van der Waals surface area contributed by atoms with Gasteiger partial charge in [0.2, 0.25) is 0 Å². The number of hydrogen-bond donors (Lipinski definition) is 1. The summed E-state index contributed by atoms with van der Waals surface area (Å²) in [4.78, 5) is 18.2. The Balaban J connectivity index is 1.43. The van der Waals surface area contributed by atoms with E-state index in [1.807, 2.05) is 66.1 Å². The van der Waals surface area contributed by atoms with Crippen molar-refractivity contribution in [1.82, 2.24) is 14.7 Å². The van der Waals surface area contributed by atoms with Crippen LogP contribution in [0.3, 0.4) is 0 Å². The summed E-state index contributed by atoms with van der Waals surface area (Å²) >= 11 is 1.52. The summed E-state index contributed by atoms with van der Waals surface area (Å²) < 4.78 is 16.2. The molecule has 3 aromatic carbocycles. The molecule has 0 saturated heterocycles. The van der Waals surface area contributed by atoms with Crippen molar-refractivity contribution in [3.63, 3.8) is 0 Å². The zero-order valence-corrected chi connectivity index (χ0v) is 17.0. The summed E-state index contributed by atoms with van der Waals surface area (Å²) in [5.74, 6) is -0.371. The standard InChI is InChI=1S/C24H18FN3OS/c1-15(16-5-3-2-4-6-16)26-23(29)18-9-12-21-22(13-18)30-24-27-20(14-28(21)24)17-7-10-19(25)11-8-17/h2-15H,1H3,(H,26,29)/t15-/m0/s1. The lowest BCUT2D eigenvalue weighted by Gasteiger charge is -2.14. The molecule has 0 saturated carbocycles. The van der Waals surface area contributed by atoms with E-state index in [4.69, 9.17) is 0 Å². The van der Waals surface area contributed by atoms with E-state index in [-0.39, 0.29) is 17.8 Å². The normalized spacial score (nSPS) is 12.3.